The molecular weight excluding hydrogens is 240 g/mol. The molecule has 1 aromatic carbocycles. The van der Waals surface area contributed by atoms with Crippen molar-refractivity contribution in [1.82, 2.24) is 9.59 Å². The van der Waals surface area contributed by atoms with Gasteiger partial charge < -0.3 is 5.32 Å². The van der Waals surface area contributed by atoms with Crippen molar-refractivity contribution in [2.75, 3.05) is 5.32 Å². The summed E-state index contributed by atoms with van der Waals surface area (Å²) in [6.45, 7) is 2.23. The molecule has 0 spiro atoms. The Bertz CT molecular complexity index is 527. The number of nitrogens with one attached hydrogen (secondary N) is 1. The third-order valence-electron chi connectivity index (χ3n) is 2.37. The highest BCUT2D eigenvalue weighted by atomic mass is 32.1. The van der Waals surface area contributed by atoms with Crippen LogP contribution in [-0.4, -0.2) is 14.5 Å². The van der Waals surface area contributed by atoms with Gasteiger partial charge in [0, 0.05) is 22.7 Å². The molecule has 2 aromatic rings. The summed E-state index contributed by atoms with van der Waals surface area (Å²) < 4.78 is 3.75. The van der Waals surface area contributed by atoms with E-state index in [4.69, 9.17) is 0 Å². The predicted molar refractivity (Wildman–Crippen MR) is 65.1 cm³/mol. The summed E-state index contributed by atoms with van der Waals surface area (Å²) in [5, 5.41) is 19.6. The molecule has 1 aromatic heterocycles. The number of rotatable bonds is 4. The number of nitro groups is 1. The third-order valence-corrected chi connectivity index (χ3v) is 2.92. The summed E-state index contributed by atoms with van der Waals surface area (Å²) >= 11 is 1.28. The molecule has 0 saturated heterocycles. The molecule has 0 bridgehead atoms. The Balaban J connectivity index is 2.16. The fourth-order valence-electron chi connectivity index (χ4n) is 1.46. The van der Waals surface area contributed by atoms with Crippen LogP contribution in [0.3, 0.4) is 0 Å². The van der Waals surface area contributed by atoms with E-state index in [-0.39, 0.29) is 10.6 Å². The number of nitro benzene ring substituents is 1. The van der Waals surface area contributed by atoms with Gasteiger partial charge in [-0.15, -0.1) is 5.10 Å². The Labute approximate surface area is 102 Å². The average molecular weight is 250 g/mol. The van der Waals surface area contributed by atoms with E-state index in [2.05, 4.69) is 14.9 Å². The van der Waals surface area contributed by atoms with Gasteiger partial charge in [0.1, 0.15) is 0 Å². The molecule has 1 heterocycles. The van der Waals surface area contributed by atoms with E-state index < -0.39 is 0 Å². The van der Waals surface area contributed by atoms with Crippen molar-refractivity contribution in [1.29, 1.82) is 0 Å². The standard InChI is InChI=1S/C10H10N4O2S/c1-7-9(3-2-4-10(7)14(15)16)11-5-8-6-17-13-12-8/h2-4,6,11H,5H2,1H3. The molecule has 0 aliphatic heterocycles. The molecule has 0 radical (unpaired) electrons. The smallest absolute Gasteiger partial charge is 0.274 e. The number of benzene rings is 1. The molecule has 0 unspecified atom stereocenters. The van der Waals surface area contributed by atoms with Gasteiger partial charge >= 0.3 is 0 Å². The first-order chi connectivity index (χ1) is 8.18. The summed E-state index contributed by atoms with van der Waals surface area (Å²) in [4.78, 5) is 10.4. The highest BCUT2D eigenvalue weighted by molar-refractivity contribution is 7.03. The Kier molecular flexibility index (Phi) is 3.29. The Hall–Kier alpha value is -2.02. The number of hydrogen-bond acceptors (Lipinski definition) is 6. The van der Waals surface area contributed by atoms with Crippen LogP contribution in [-0.2, 0) is 6.54 Å². The zero-order valence-electron chi connectivity index (χ0n) is 9.08. The van der Waals surface area contributed by atoms with Crippen LogP contribution in [0.25, 0.3) is 0 Å². The van der Waals surface area contributed by atoms with Crippen LogP contribution in [0.5, 0.6) is 0 Å². The first-order valence-electron chi connectivity index (χ1n) is 4.92. The second kappa shape index (κ2) is 4.88. The minimum absolute atomic E-state index is 0.117. The molecule has 6 nitrogen and oxygen atoms in total. The van der Waals surface area contributed by atoms with Crippen molar-refractivity contribution in [3.05, 3.63) is 45.0 Å². The average Bonchev–Trinajstić information content (AvgIpc) is 2.80. The lowest BCUT2D eigenvalue weighted by Crippen LogP contribution is -2.03. The molecule has 7 heteroatoms. The monoisotopic (exact) mass is 250 g/mol. The molecule has 0 aliphatic rings. The summed E-state index contributed by atoms with van der Waals surface area (Å²) in [6.07, 6.45) is 0. The minimum Gasteiger partial charge on any atom is -0.379 e. The summed E-state index contributed by atoms with van der Waals surface area (Å²) in [5.41, 5.74) is 2.31. The van der Waals surface area contributed by atoms with Gasteiger partial charge in [-0.1, -0.05) is 10.6 Å². The second-order valence-electron chi connectivity index (χ2n) is 3.46. The van der Waals surface area contributed by atoms with Crippen LogP contribution >= 0.6 is 11.5 Å². The quantitative estimate of drug-likeness (QED) is 0.665. The Morgan fingerprint density at radius 2 is 2.35 bits per heavy atom. The van der Waals surface area contributed by atoms with Crippen molar-refractivity contribution in [2.24, 2.45) is 0 Å². The minimum atomic E-state index is -0.384. The lowest BCUT2D eigenvalue weighted by atomic mass is 10.1. The second-order valence-corrected chi connectivity index (χ2v) is 4.07. The maximum atomic E-state index is 10.8. The molecule has 0 atom stereocenters. The molecule has 17 heavy (non-hydrogen) atoms. The van der Waals surface area contributed by atoms with Crippen LogP contribution in [0.2, 0.25) is 0 Å². The van der Waals surface area contributed by atoms with E-state index in [9.17, 15) is 10.1 Å². The molecule has 0 aliphatic carbocycles. The van der Waals surface area contributed by atoms with Crippen molar-refractivity contribution in [3.63, 3.8) is 0 Å². The van der Waals surface area contributed by atoms with Gasteiger partial charge in [0.15, 0.2) is 0 Å². The molecule has 0 amide bonds. The lowest BCUT2D eigenvalue weighted by Gasteiger charge is -2.07. The highest BCUT2D eigenvalue weighted by Crippen LogP contribution is 2.25. The number of hydrogen-bond donors (Lipinski definition) is 1. The highest BCUT2D eigenvalue weighted by Gasteiger charge is 2.12. The van der Waals surface area contributed by atoms with E-state index >= 15 is 0 Å². The van der Waals surface area contributed by atoms with E-state index in [1.807, 2.05) is 11.4 Å². The normalized spacial score (nSPS) is 10.2. The Morgan fingerprint density at radius 3 is 3.00 bits per heavy atom. The fraction of sp³-hybridized carbons (Fsp3) is 0.200. The van der Waals surface area contributed by atoms with Crippen LogP contribution in [0.4, 0.5) is 11.4 Å². The Morgan fingerprint density at radius 1 is 1.53 bits per heavy atom. The fourth-order valence-corrected chi connectivity index (χ4v) is 1.91. The van der Waals surface area contributed by atoms with Crippen LogP contribution in [0.15, 0.2) is 23.6 Å². The van der Waals surface area contributed by atoms with Crippen molar-refractivity contribution < 1.29 is 4.92 Å². The first-order valence-corrected chi connectivity index (χ1v) is 5.76. The van der Waals surface area contributed by atoms with E-state index in [0.29, 0.717) is 12.1 Å². The maximum Gasteiger partial charge on any atom is 0.274 e. The molecule has 1 N–H and O–H groups in total. The molecular formula is C10H10N4O2S. The van der Waals surface area contributed by atoms with Gasteiger partial charge in [0.05, 0.1) is 17.2 Å². The summed E-state index contributed by atoms with van der Waals surface area (Å²) in [6, 6.07) is 4.96. The van der Waals surface area contributed by atoms with Crippen molar-refractivity contribution in [2.45, 2.75) is 13.5 Å². The van der Waals surface area contributed by atoms with E-state index in [1.54, 1.807) is 13.0 Å². The van der Waals surface area contributed by atoms with E-state index in [0.717, 1.165) is 11.4 Å². The zero-order valence-corrected chi connectivity index (χ0v) is 9.90. The number of aromatic nitrogens is 2. The molecule has 0 saturated carbocycles. The number of nitrogens with zero attached hydrogens (tertiary/aromatic N) is 3. The van der Waals surface area contributed by atoms with Crippen molar-refractivity contribution >= 4 is 22.9 Å². The number of anilines is 1. The summed E-state index contributed by atoms with van der Waals surface area (Å²) in [7, 11) is 0. The van der Waals surface area contributed by atoms with Gasteiger partial charge in [-0.3, -0.25) is 10.1 Å². The van der Waals surface area contributed by atoms with Gasteiger partial charge in [0.25, 0.3) is 5.69 Å². The van der Waals surface area contributed by atoms with Gasteiger partial charge in [-0.05, 0) is 24.5 Å². The topological polar surface area (TPSA) is 81.0 Å². The van der Waals surface area contributed by atoms with Gasteiger partial charge in [0.2, 0.25) is 0 Å². The SMILES string of the molecule is Cc1c(NCc2csnn2)cccc1[N+](=O)[O-]. The first kappa shape index (κ1) is 11.5. The predicted octanol–water partition coefficient (Wildman–Crippen LogP) is 2.37. The van der Waals surface area contributed by atoms with Gasteiger partial charge in [-0.2, -0.15) is 0 Å². The molecule has 88 valence electrons. The van der Waals surface area contributed by atoms with Crippen molar-refractivity contribution in [3.8, 4) is 0 Å². The maximum absolute atomic E-state index is 10.8. The van der Waals surface area contributed by atoms with Crippen LogP contribution < -0.4 is 5.32 Å². The largest absolute Gasteiger partial charge is 0.379 e. The lowest BCUT2D eigenvalue weighted by molar-refractivity contribution is -0.385. The van der Waals surface area contributed by atoms with Crippen LogP contribution in [0, 0.1) is 17.0 Å². The van der Waals surface area contributed by atoms with E-state index in [1.165, 1.54) is 17.6 Å². The molecule has 0 fully saturated rings. The summed E-state index contributed by atoms with van der Waals surface area (Å²) in [5.74, 6) is 0. The molecule has 2 rings (SSSR count). The zero-order chi connectivity index (χ0) is 12.3. The van der Waals surface area contributed by atoms with Crippen LogP contribution in [0.1, 0.15) is 11.3 Å². The van der Waals surface area contributed by atoms with Gasteiger partial charge in [-0.25, -0.2) is 0 Å². The third kappa shape index (κ3) is 2.56.